The predicted octanol–water partition coefficient (Wildman–Crippen LogP) is -9.69. The van der Waals surface area contributed by atoms with Gasteiger partial charge in [0.2, 0.25) is 0 Å². The van der Waals surface area contributed by atoms with E-state index in [4.69, 9.17) is 5.11 Å². The molecule has 1 heterocycles. The monoisotopic (exact) mass is 300 g/mol. The van der Waals surface area contributed by atoms with Crippen LogP contribution in [0.5, 0.6) is 0 Å². The van der Waals surface area contributed by atoms with Gasteiger partial charge in [-0.05, 0) is 12.6 Å². The van der Waals surface area contributed by atoms with Crippen LogP contribution in [0.3, 0.4) is 0 Å². The summed E-state index contributed by atoms with van der Waals surface area (Å²) < 4.78 is 14.8. The van der Waals surface area contributed by atoms with Gasteiger partial charge in [-0.15, -0.1) is 0 Å². The van der Waals surface area contributed by atoms with Gasteiger partial charge in [0.15, 0.2) is 6.10 Å². The van der Waals surface area contributed by atoms with Crippen LogP contribution < -0.4 is 68.9 Å². The Morgan fingerprint density at radius 2 is 1.67 bits per heavy atom. The SMILES string of the molecule is O=C1OC(CCP(=O)([O-])[O-])C(O)C(O)C1O.[Na+].[Na+]. The molecule has 3 N–H and O–H groups in total. The van der Waals surface area contributed by atoms with Crippen LogP contribution in [0.25, 0.3) is 0 Å². The van der Waals surface area contributed by atoms with Gasteiger partial charge in [0.25, 0.3) is 0 Å². The third-order valence-electron chi connectivity index (χ3n) is 2.25. The van der Waals surface area contributed by atoms with E-state index < -0.39 is 50.6 Å². The zero-order valence-electron chi connectivity index (χ0n) is 10.1. The maximum atomic E-state index is 10.9. The summed E-state index contributed by atoms with van der Waals surface area (Å²) in [7, 11) is -4.76. The van der Waals surface area contributed by atoms with Crippen molar-refractivity contribution in [3.8, 4) is 0 Å². The molecule has 0 aromatic rings. The fraction of sp³-hybridized carbons (Fsp3) is 0.857. The van der Waals surface area contributed by atoms with Gasteiger partial charge in [0.1, 0.15) is 18.3 Å². The minimum absolute atomic E-state index is 0. The van der Waals surface area contributed by atoms with Crippen molar-refractivity contribution in [1.29, 1.82) is 0 Å². The van der Waals surface area contributed by atoms with Crippen LogP contribution in [0, 0.1) is 0 Å². The molecule has 0 bridgehead atoms. The van der Waals surface area contributed by atoms with Crippen molar-refractivity contribution in [2.45, 2.75) is 30.8 Å². The summed E-state index contributed by atoms with van der Waals surface area (Å²) >= 11 is 0. The maximum Gasteiger partial charge on any atom is 1.00 e. The zero-order valence-corrected chi connectivity index (χ0v) is 14.9. The molecule has 1 rings (SSSR count). The molecule has 0 saturated carbocycles. The number of hydrogen-bond acceptors (Lipinski definition) is 8. The van der Waals surface area contributed by atoms with Gasteiger partial charge in [-0.25, -0.2) is 4.79 Å². The van der Waals surface area contributed by atoms with Gasteiger partial charge in [-0.1, -0.05) is 7.60 Å². The summed E-state index contributed by atoms with van der Waals surface area (Å²) in [6.07, 6.45) is -7.74. The van der Waals surface area contributed by atoms with Crippen LogP contribution in [0.1, 0.15) is 6.42 Å². The number of esters is 1. The summed E-state index contributed by atoms with van der Waals surface area (Å²) in [5.41, 5.74) is 0. The average Bonchev–Trinajstić information content (AvgIpc) is 2.17. The topological polar surface area (TPSA) is 150 Å². The van der Waals surface area contributed by atoms with E-state index in [0.29, 0.717) is 0 Å². The van der Waals surface area contributed by atoms with Gasteiger partial charge in [0.05, 0.1) is 0 Å². The summed E-state index contributed by atoms with van der Waals surface area (Å²) in [5, 5.41) is 27.5. The first-order valence-electron chi connectivity index (χ1n) is 4.48. The largest absolute Gasteiger partial charge is 1.00 e. The first-order valence-corrected chi connectivity index (χ1v) is 6.21. The number of aliphatic hydroxyl groups is 3. The van der Waals surface area contributed by atoms with Crippen LogP contribution in [0.2, 0.25) is 0 Å². The molecule has 0 aromatic heterocycles. The first kappa shape index (κ1) is 21.8. The number of carbonyl (C=O) groups excluding carboxylic acids is 1. The van der Waals surface area contributed by atoms with Crippen molar-refractivity contribution >= 4 is 13.6 Å². The fourth-order valence-electron chi connectivity index (χ4n) is 1.35. The van der Waals surface area contributed by atoms with Gasteiger partial charge in [0, 0.05) is 0 Å². The molecule has 0 spiro atoms. The summed E-state index contributed by atoms with van der Waals surface area (Å²) in [5.74, 6) is -1.16. The van der Waals surface area contributed by atoms with Crippen molar-refractivity contribution < 1.29 is 98.3 Å². The van der Waals surface area contributed by atoms with E-state index in [1.807, 2.05) is 0 Å². The molecule has 0 amide bonds. The van der Waals surface area contributed by atoms with Crippen LogP contribution in [-0.2, 0) is 14.1 Å². The minimum atomic E-state index is -4.76. The number of cyclic esters (lactones) is 1. The van der Waals surface area contributed by atoms with Crippen molar-refractivity contribution in [3.05, 3.63) is 0 Å². The van der Waals surface area contributed by atoms with Gasteiger partial charge < -0.3 is 34.4 Å². The second-order valence-corrected chi connectivity index (χ2v) is 5.19. The molecule has 1 saturated heterocycles. The molecule has 0 radical (unpaired) electrons. The quantitative estimate of drug-likeness (QED) is 0.264. The van der Waals surface area contributed by atoms with Gasteiger partial charge >= 0.3 is 65.1 Å². The molecule has 1 aliphatic heterocycles. The van der Waals surface area contributed by atoms with E-state index in [0.717, 1.165) is 0 Å². The Kier molecular flexibility index (Phi) is 10.5. The standard InChI is InChI=1S/C7H13O8P.2Na/c8-4-3(1-2-16(12,13)14)15-7(11)6(10)5(4)9;;/h3-6,8-10H,1-2H2,(H2,12,13,14);;/q;2*+1/p-2. The maximum absolute atomic E-state index is 10.9. The molecular formula is C7H11Na2O8P. The number of ether oxygens (including phenoxy) is 1. The zero-order chi connectivity index (χ0) is 12.5. The number of carbonyl (C=O) groups is 1. The number of aliphatic hydroxyl groups excluding tert-OH is 3. The molecule has 1 aliphatic rings. The summed E-state index contributed by atoms with van der Waals surface area (Å²) in [6.45, 7) is 0. The molecule has 4 unspecified atom stereocenters. The molecule has 1 fully saturated rings. The molecule has 0 aromatic carbocycles. The molecular weight excluding hydrogens is 289 g/mol. The Morgan fingerprint density at radius 3 is 2.11 bits per heavy atom. The molecule has 0 aliphatic carbocycles. The fourth-order valence-corrected chi connectivity index (χ4v) is 1.92. The molecule has 94 valence electrons. The Balaban J connectivity index is 0. The summed E-state index contributed by atoms with van der Waals surface area (Å²) in [4.78, 5) is 31.6. The van der Waals surface area contributed by atoms with Crippen molar-refractivity contribution in [3.63, 3.8) is 0 Å². The van der Waals surface area contributed by atoms with E-state index in [1.165, 1.54) is 0 Å². The summed E-state index contributed by atoms with van der Waals surface area (Å²) in [6, 6.07) is 0. The Labute approximate surface area is 147 Å². The molecule has 8 nitrogen and oxygen atoms in total. The molecule has 11 heteroatoms. The van der Waals surface area contributed by atoms with E-state index >= 15 is 0 Å². The van der Waals surface area contributed by atoms with Crippen molar-refractivity contribution in [2.24, 2.45) is 0 Å². The Morgan fingerprint density at radius 1 is 1.17 bits per heavy atom. The third kappa shape index (κ3) is 6.30. The van der Waals surface area contributed by atoms with Crippen LogP contribution in [0.15, 0.2) is 0 Å². The van der Waals surface area contributed by atoms with E-state index in [-0.39, 0.29) is 59.1 Å². The molecule has 4 atom stereocenters. The number of hydrogen-bond donors (Lipinski definition) is 3. The van der Waals surface area contributed by atoms with Crippen LogP contribution in [0.4, 0.5) is 0 Å². The second kappa shape index (κ2) is 8.71. The van der Waals surface area contributed by atoms with E-state index in [2.05, 4.69) is 4.74 Å². The Hall–Kier alpha value is 1.50. The van der Waals surface area contributed by atoms with Crippen LogP contribution in [-0.4, -0.2) is 51.9 Å². The smallest absolute Gasteiger partial charge is 0.811 e. The minimum Gasteiger partial charge on any atom is -0.811 e. The first-order chi connectivity index (χ1) is 7.22. The number of rotatable bonds is 3. The van der Waals surface area contributed by atoms with Gasteiger partial charge in [-0.3, -0.25) is 0 Å². The van der Waals surface area contributed by atoms with Crippen molar-refractivity contribution in [2.75, 3.05) is 6.16 Å². The third-order valence-corrected chi connectivity index (χ3v) is 3.06. The average molecular weight is 300 g/mol. The molecule has 18 heavy (non-hydrogen) atoms. The Bertz CT molecular complexity index is 321. The van der Waals surface area contributed by atoms with Crippen LogP contribution >= 0.6 is 7.60 Å². The van der Waals surface area contributed by atoms with Gasteiger partial charge in [-0.2, -0.15) is 0 Å². The predicted molar refractivity (Wildman–Crippen MR) is 45.0 cm³/mol. The van der Waals surface area contributed by atoms with Crippen molar-refractivity contribution in [1.82, 2.24) is 0 Å². The van der Waals surface area contributed by atoms with E-state index in [9.17, 15) is 29.4 Å². The normalized spacial score (nSPS) is 31.9. The van der Waals surface area contributed by atoms with E-state index in [1.54, 1.807) is 0 Å². The second-order valence-electron chi connectivity index (χ2n) is 3.52.